The van der Waals surface area contributed by atoms with Crippen LogP contribution in [-0.4, -0.2) is 58.5 Å². The minimum absolute atomic E-state index is 0.0445. The number of carbonyl (C=O) groups excluding carboxylic acids is 2. The highest BCUT2D eigenvalue weighted by Gasteiger charge is 2.64. The molecule has 0 bridgehead atoms. The summed E-state index contributed by atoms with van der Waals surface area (Å²) in [6, 6.07) is 0. The quantitative estimate of drug-likeness (QED) is 0.495. The Hall–Kier alpha value is -0.980. The molecule has 0 amide bonds. The number of hydrogen-bond acceptors (Lipinski definition) is 6. The summed E-state index contributed by atoms with van der Waals surface area (Å²) in [7, 11) is 6.58. The van der Waals surface area contributed by atoms with Gasteiger partial charge < -0.3 is 18.9 Å². The van der Waals surface area contributed by atoms with Crippen molar-refractivity contribution in [2.75, 3.05) is 28.4 Å². The average Bonchev–Trinajstić information content (AvgIpc) is 3.18. The maximum absolute atomic E-state index is 12.9. The van der Waals surface area contributed by atoms with Gasteiger partial charge in [0.15, 0.2) is 11.9 Å². The van der Waals surface area contributed by atoms with Gasteiger partial charge >= 0.3 is 5.97 Å². The summed E-state index contributed by atoms with van der Waals surface area (Å²) in [5.41, 5.74) is 0.269. The van der Waals surface area contributed by atoms with Crippen LogP contribution in [0.2, 0.25) is 0 Å². The lowest BCUT2D eigenvalue weighted by Gasteiger charge is -2.62. The molecule has 0 N–H and O–H groups in total. The van der Waals surface area contributed by atoms with Crippen LogP contribution in [0.4, 0.5) is 0 Å². The SMILES string of the molecule is COC(=O)C(C[C@@H](C)[C@H]1CC[C@H]2[C@@H]3[C@@H](OC)C[C@@H]4C[C@@H](OC)C(=O)C[C@]4(C)[C@H]3CC[C@]12C)OC. The van der Waals surface area contributed by atoms with Gasteiger partial charge in [-0.2, -0.15) is 0 Å². The zero-order valence-corrected chi connectivity index (χ0v) is 22.3. The summed E-state index contributed by atoms with van der Waals surface area (Å²) in [6.45, 7) is 7.18. The molecule has 0 heterocycles. The summed E-state index contributed by atoms with van der Waals surface area (Å²) in [4.78, 5) is 25.1. The fourth-order valence-electron chi connectivity index (χ4n) is 9.39. The Morgan fingerprint density at radius 1 is 1.00 bits per heavy atom. The van der Waals surface area contributed by atoms with Crippen molar-refractivity contribution in [1.82, 2.24) is 0 Å². The molecule has 0 saturated heterocycles. The van der Waals surface area contributed by atoms with Crippen molar-refractivity contribution >= 4 is 11.8 Å². The van der Waals surface area contributed by atoms with E-state index < -0.39 is 6.10 Å². The standard InChI is InChI=1S/C28H46O6/c1-16(12-24(33-6)26(30)34-7)18-8-9-19-25-20(10-11-27(18,19)2)28(3)15-21(29)22(31-4)13-17(28)14-23(25)32-5/h16-20,22-25H,8-15H2,1-7H3/t16-,17+,18-,19+,20+,22-,23+,24?,25+,27-,28+/m1/s1. The molecule has 34 heavy (non-hydrogen) atoms. The molecule has 4 saturated carbocycles. The van der Waals surface area contributed by atoms with E-state index in [-0.39, 0.29) is 34.8 Å². The van der Waals surface area contributed by atoms with Crippen LogP contribution >= 0.6 is 0 Å². The third-order valence-electron chi connectivity index (χ3n) is 11.2. The highest BCUT2D eigenvalue weighted by atomic mass is 16.6. The molecule has 0 spiro atoms. The second kappa shape index (κ2) is 9.82. The molecule has 11 atom stereocenters. The Morgan fingerprint density at radius 2 is 1.71 bits per heavy atom. The van der Waals surface area contributed by atoms with Gasteiger partial charge in [0, 0.05) is 27.8 Å². The van der Waals surface area contributed by atoms with Gasteiger partial charge in [-0.15, -0.1) is 0 Å². The first kappa shape index (κ1) is 26.1. The average molecular weight is 479 g/mol. The van der Waals surface area contributed by atoms with Gasteiger partial charge in [0.1, 0.15) is 6.10 Å². The van der Waals surface area contributed by atoms with Crippen molar-refractivity contribution < 1.29 is 28.5 Å². The third-order valence-corrected chi connectivity index (χ3v) is 11.2. The lowest BCUT2D eigenvalue weighted by molar-refractivity contribution is -0.186. The number of rotatable bonds is 7. The number of methoxy groups -OCH3 is 4. The van der Waals surface area contributed by atoms with Crippen molar-refractivity contribution in [2.45, 2.75) is 90.4 Å². The number of Topliss-reactive ketones (excluding diaryl/α,β-unsaturated/α-hetero) is 1. The second-order valence-corrected chi connectivity index (χ2v) is 12.3. The minimum atomic E-state index is -0.498. The van der Waals surface area contributed by atoms with Crippen molar-refractivity contribution in [3.8, 4) is 0 Å². The molecule has 6 heteroatoms. The molecule has 194 valence electrons. The molecular formula is C28H46O6. The fraction of sp³-hybridized carbons (Fsp3) is 0.929. The van der Waals surface area contributed by atoms with Crippen LogP contribution in [0, 0.1) is 46.3 Å². The van der Waals surface area contributed by atoms with Gasteiger partial charge in [0.05, 0.1) is 13.2 Å². The largest absolute Gasteiger partial charge is 0.467 e. The number of ether oxygens (including phenoxy) is 4. The number of carbonyl (C=O) groups is 2. The maximum atomic E-state index is 12.9. The number of hydrogen-bond donors (Lipinski definition) is 0. The molecule has 4 rings (SSSR count). The zero-order chi connectivity index (χ0) is 24.8. The molecular weight excluding hydrogens is 432 g/mol. The Morgan fingerprint density at radius 3 is 2.32 bits per heavy atom. The van der Waals surface area contributed by atoms with Gasteiger partial charge in [0.25, 0.3) is 0 Å². The molecule has 4 fully saturated rings. The van der Waals surface area contributed by atoms with E-state index in [0.717, 1.165) is 19.3 Å². The van der Waals surface area contributed by atoms with Crippen molar-refractivity contribution in [1.29, 1.82) is 0 Å². The third kappa shape index (κ3) is 4.06. The molecule has 6 nitrogen and oxygen atoms in total. The van der Waals surface area contributed by atoms with Crippen molar-refractivity contribution in [2.24, 2.45) is 46.3 Å². The van der Waals surface area contributed by atoms with Gasteiger partial charge in [0.2, 0.25) is 0 Å². The number of ketones is 1. The summed E-state index contributed by atoms with van der Waals surface area (Å²) >= 11 is 0. The van der Waals surface area contributed by atoms with Crippen molar-refractivity contribution in [3.05, 3.63) is 0 Å². The molecule has 0 aromatic heterocycles. The predicted octanol–water partition coefficient (Wildman–Crippen LogP) is 4.68. The first-order valence-electron chi connectivity index (χ1n) is 13.3. The normalized spacial score (nSPS) is 45.6. The highest BCUT2D eigenvalue weighted by molar-refractivity contribution is 5.84. The monoisotopic (exact) mass is 478 g/mol. The Labute approximate surface area is 205 Å². The van der Waals surface area contributed by atoms with Crippen LogP contribution in [0.3, 0.4) is 0 Å². The van der Waals surface area contributed by atoms with Crippen LogP contribution in [0.1, 0.15) is 72.1 Å². The molecule has 4 aliphatic rings. The first-order chi connectivity index (χ1) is 16.1. The zero-order valence-electron chi connectivity index (χ0n) is 22.3. The van der Waals surface area contributed by atoms with E-state index in [2.05, 4.69) is 20.8 Å². The number of esters is 1. The topological polar surface area (TPSA) is 71.1 Å². The smallest absolute Gasteiger partial charge is 0.334 e. The van der Waals surface area contributed by atoms with Crippen LogP contribution < -0.4 is 0 Å². The van der Waals surface area contributed by atoms with E-state index in [1.54, 1.807) is 14.2 Å². The molecule has 0 radical (unpaired) electrons. The van der Waals surface area contributed by atoms with E-state index in [0.29, 0.717) is 48.3 Å². The van der Waals surface area contributed by atoms with Crippen LogP contribution in [0.25, 0.3) is 0 Å². The minimum Gasteiger partial charge on any atom is -0.467 e. The lowest BCUT2D eigenvalue weighted by Crippen LogP contribution is -2.60. The van der Waals surface area contributed by atoms with E-state index in [9.17, 15) is 9.59 Å². The van der Waals surface area contributed by atoms with Gasteiger partial charge in [-0.25, -0.2) is 4.79 Å². The van der Waals surface area contributed by atoms with E-state index in [4.69, 9.17) is 18.9 Å². The summed E-state index contributed by atoms with van der Waals surface area (Å²) in [5, 5.41) is 0. The lowest BCUT2D eigenvalue weighted by atomic mass is 9.43. The van der Waals surface area contributed by atoms with E-state index in [1.807, 2.05) is 7.11 Å². The molecule has 4 aliphatic carbocycles. The Balaban J connectivity index is 1.57. The van der Waals surface area contributed by atoms with Gasteiger partial charge in [-0.05, 0) is 91.3 Å². The molecule has 0 aromatic carbocycles. The molecule has 1 unspecified atom stereocenters. The highest BCUT2D eigenvalue weighted by Crippen LogP contribution is 2.68. The summed E-state index contributed by atoms with van der Waals surface area (Å²) in [5.74, 6) is 3.02. The summed E-state index contributed by atoms with van der Waals surface area (Å²) < 4.78 is 22.2. The molecule has 0 aromatic rings. The Kier molecular flexibility index (Phi) is 7.53. The predicted molar refractivity (Wildman–Crippen MR) is 129 cm³/mol. The van der Waals surface area contributed by atoms with E-state index >= 15 is 0 Å². The fourth-order valence-corrected chi connectivity index (χ4v) is 9.39. The van der Waals surface area contributed by atoms with E-state index in [1.165, 1.54) is 26.4 Å². The Bertz CT molecular complexity index is 768. The maximum Gasteiger partial charge on any atom is 0.334 e. The van der Waals surface area contributed by atoms with Crippen LogP contribution in [0.5, 0.6) is 0 Å². The van der Waals surface area contributed by atoms with Crippen molar-refractivity contribution in [3.63, 3.8) is 0 Å². The second-order valence-electron chi connectivity index (χ2n) is 12.3. The van der Waals surface area contributed by atoms with Crippen LogP contribution in [-0.2, 0) is 28.5 Å². The summed E-state index contributed by atoms with van der Waals surface area (Å²) in [6.07, 6.45) is 7.44. The molecule has 0 aliphatic heterocycles. The van der Waals surface area contributed by atoms with Crippen LogP contribution in [0.15, 0.2) is 0 Å². The first-order valence-corrected chi connectivity index (χ1v) is 13.3. The van der Waals surface area contributed by atoms with Gasteiger partial charge in [-0.1, -0.05) is 20.8 Å². The van der Waals surface area contributed by atoms with Gasteiger partial charge in [-0.3, -0.25) is 4.79 Å². The number of fused-ring (bicyclic) bond motifs is 5.